The Morgan fingerprint density at radius 2 is 1.88 bits per heavy atom. The molecule has 2 amide bonds. The second-order valence-electron chi connectivity index (χ2n) is 9.23. The van der Waals surface area contributed by atoms with E-state index in [1.165, 1.54) is 0 Å². The maximum absolute atomic E-state index is 13.1. The van der Waals surface area contributed by atoms with Crippen LogP contribution in [0.1, 0.15) is 58.5 Å². The summed E-state index contributed by atoms with van der Waals surface area (Å²) in [5.74, 6) is 0.0768. The van der Waals surface area contributed by atoms with Crippen molar-refractivity contribution in [3.8, 4) is 0 Å². The lowest BCUT2D eigenvalue weighted by atomic mass is 10.0. The van der Waals surface area contributed by atoms with Crippen molar-refractivity contribution in [2.24, 2.45) is 5.73 Å². The van der Waals surface area contributed by atoms with Gasteiger partial charge in [0.1, 0.15) is 22.3 Å². The molecule has 0 unspecified atom stereocenters. The van der Waals surface area contributed by atoms with Crippen molar-refractivity contribution in [2.45, 2.75) is 71.4 Å². The molecular formula is C22H36N7O4+. The third-order valence-electron chi connectivity index (χ3n) is 4.57. The van der Waals surface area contributed by atoms with Crippen LogP contribution >= 0.6 is 0 Å². The van der Waals surface area contributed by atoms with Crippen molar-refractivity contribution < 1.29 is 23.7 Å². The Labute approximate surface area is 194 Å². The molecule has 0 radical (unpaired) electrons. The fourth-order valence-corrected chi connectivity index (χ4v) is 2.91. The predicted octanol–water partition coefficient (Wildman–Crippen LogP) is 1.12. The molecule has 0 bridgehead atoms. The van der Waals surface area contributed by atoms with Gasteiger partial charge in [0.05, 0.1) is 19.8 Å². The van der Waals surface area contributed by atoms with E-state index >= 15 is 0 Å². The van der Waals surface area contributed by atoms with Crippen LogP contribution in [0.5, 0.6) is 0 Å². The first-order chi connectivity index (χ1) is 15.5. The first kappa shape index (κ1) is 26.2. The summed E-state index contributed by atoms with van der Waals surface area (Å²) in [4.78, 5) is 25.3. The van der Waals surface area contributed by atoms with Crippen LogP contribution in [0.15, 0.2) is 30.3 Å². The number of tetrazole rings is 1. The third kappa shape index (κ3) is 8.78. The second-order valence-corrected chi connectivity index (χ2v) is 9.23. The van der Waals surface area contributed by atoms with Crippen LogP contribution in [0.4, 0.5) is 4.79 Å². The van der Waals surface area contributed by atoms with Gasteiger partial charge in [0, 0.05) is 0 Å². The Bertz CT molecular complexity index is 894. The van der Waals surface area contributed by atoms with E-state index in [4.69, 9.17) is 15.2 Å². The molecule has 0 aliphatic rings. The van der Waals surface area contributed by atoms with Crippen molar-refractivity contribution in [3.05, 3.63) is 41.7 Å². The number of alkyl carbamates (subject to hydrolysis) is 1. The number of aryl methyl sites for hydroxylation is 1. The Morgan fingerprint density at radius 3 is 2.52 bits per heavy atom. The first-order valence-corrected chi connectivity index (χ1v) is 11.0. The number of ether oxygens (including phenoxy) is 2. The SMILES string of the molecule is CC(C)(C)OC(=O)NC(C)(C)C(=O)N[C@H](COCc1ccccc1)c1nn[nH][n+]1CCCN. The number of nitrogens with two attached hydrogens (primary N) is 1. The monoisotopic (exact) mass is 462 g/mol. The molecule has 11 heteroatoms. The van der Waals surface area contributed by atoms with Gasteiger partial charge in [0.15, 0.2) is 5.21 Å². The van der Waals surface area contributed by atoms with Gasteiger partial charge in [-0.05, 0) is 53.1 Å². The standard InChI is InChI=1S/C22H35N7O4/c1-21(2,3)33-20(31)25-22(4,5)19(30)24-17(15-32-14-16-10-7-6-8-11-16)18-26-27-28-29(18)13-9-12-23/h6-8,10-11,17H,9,12-15,23H2,1-5H3,(H2,24,25,30,31)/p+1/t17-/m1/s1. The molecule has 182 valence electrons. The van der Waals surface area contributed by atoms with Crippen LogP contribution in [0.25, 0.3) is 0 Å². The maximum atomic E-state index is 13.1. The van der Waals surface area contributed by atoms with Gasteiger partial charge in [-0.25, -0.2) is 4.79 Å². The highest BCUT2D eigenvalue weighted by Gasteiger charge is 2.36. The van der Waals surface area contributed by atoms with Crippen molar-refractivity contribution in [3.63, 3.8) is 0 Å². The minimum Gasteiger partial charge on any atom is -0.444 e. The van der Waals surface area contributed by atoms with Gasteiger partial charge in [-0.2, -0.15) is 4.68 Å². The molecule has 0 saturated carbocycles. The fraction of sp³-hybridized carbons (Fsp3) is 0.591. The van der Waals surface area contributed by atoms with E-state index in [0.717, 1.165) is 5.56 Å². The highest BCUT2D eigenvalue weighted by atomic mass is 16.6. The van der Waals surface area contributed by atoms with E-state index in [-0.39, 0.29) is 6.61 Å². The second kappa shape index (κ2) is 11.7. The molecule has 1 atom stereocenters. The molecule has 1 aromatic carbocycles. The molecule has 1 heterocycles. The molecule has 0 fully saturated rings. The molecule has 0 aliphatic carbocycles. The number of H-pyrrole nitrogens is 1. The molecule has 1 aromatic heterocycles. The number of amides is 2. The van der Waals surface area contributed by atoms with Crippen LogP contribution < -0.4 is 21.0 Å². The smallest absolute Gasteiger partial charge is 0.408 e. The highest BCUT2D eigenvalue weighted by Crippen LogP contribution is 2.13. The molecule has 11 nitrogen and oxygen atoms in total. The number of hydrogen-bond donors (Lipinski definition) is 4. The zero-order valence-electron chi connectivity index (χ0n) is 20.1. The van der Waals surface area contributed by atoms with E-state index < -0.39 is 29.2 Å². The normalized spacial score (nSPS) is 12.8. The summed E-state index contributed by atoms with van der Waals surface area (Å²) in [5, 5.41) is 16.4. The predicted molar refractivity (Wildman–Crippen MR) is 121 cm³/mol. The van der Waals surface area contributed by atoms with E-state index in [2.05, 4.69) is 26.2 Å². The Morgan fingerprint density at radius 1 is 1.18 bits per heavy atom. The van der Waals surface area contributed by atoms with Gasteiger partial charge >= 0.3 is 11.9 Å². The van der Waals surface area contributed by atoms with Crippen molar-refractivity contribution >= 4 is 12.0 Å². The summed E-state index contributed by atoms with van der Waals surface area (Å²) in [6.07, 6.45) is 0.0256. The summed E-state index contributed by atoms with van der Waals surface area (Å²) in [6, 6.07) is 9.10. The van der Waals surface area contributed by atoms with Gasteiger partial charge in [0.25, 0.3) is 0 Å². The van der Waals surface area contributed by atoms with Crippen LogP contribution in [-0.2, 0) is 27.4 Å². The van der Waals surface area contributed by atoms with Crippen molar-refractivity contribution in [1.82, 2.24) is 26.2 Å². The van der Waals surface area contributed by atoms with Crippen molar-refractivity contribution in [1.29, 1.82) is 0 Å². The Hall–Kier alpha value is -3.05. The topological polar surface area (TPSA) is 148 Å². The largest absolute Gasteiger partial charge is 0.444 e. The molecule has 2 aromatic rings. The molecule has 5 N–H and O–H groups in total. The Kier molecular flexibility index (Phi) is 9.30. The lowest BCUT2D eigenvalue weighted by Gasteiger charge is -2.28. The summed E-state index contributed by atoms with van der Waals surface area (Å²) in [7, 11) is 0. The van der Waals surface area contributed by atoms with E-state index in [1.54, 1.807) is 39.3 Å². The van der Waals surface area contributed by atoms with Crippen molar-refractivity contribution in [2.75, 3.05) is 13.2 Å². The van der Waals surface area contributed by atoms with Crippen LogP contribution in [0.2, 0.25) is 0 Å². The molecule has 0 saturated heterocycles. The summed E-state index contributed by atoms with van der Waals surface area (Å²) < 4.78 is 12.9. The van der Waals surface area contributed by atoms with Crippen LogP contribution in [-0.4, -0.2) is 51.8 Å². The maximum Gasteiger partial charge on any atom is 0.408 e. The average Bonchev–Trinajstić information content (AvgIpc) is 3.18. The number of aromatic amines is 1. The number of nitrogens with zero attached hydrogens (tertiary/aromatic N) is 3. The van der Waals surface area contributed by atoms with Crippen LogP contribution in [0, 0.1) is 0 Å². The summed E-state index contributed by atoms with van der Waals surface area (Å²) >= 11 is 0. The van der Waals surface area contributed by atoms with E-state index in [9.17, 15) is 9.59 Å². The zero-order valence-corrected chi connectivity index (χ0v) is 20.1. The molecular weight excluding hydrogens is 426 g/mol. The van der Waals surface area contributed by atoms with E-state index in [0.29, 0.717) is 31.9 Å². The lowest BCUT2D eigenvalue weighted by Crippen LogP contribution is -2.57. The Balaban J connectivity index is 2.12. The summed E-state index contributed by atoms with van der Waals surface area (Å²) in [5.41, 5.74) is 4.71. The molecule has 0 spiro atoms. The number of hydrogen-bond acceptors (Lipinski definition) is 7. The van der Waals surface area contributed by atoms with Gasteiger partial charge in [-0.3, -0.25) is 4.79 Å². The first-order valence-electron chi connectivity index (χ1n) is 11.0. The zero-order chi connectivity index (χ0) is 24.5. The highest BCUT2D eigenvalue weighted by molar-refractivity contribution is 5.89. The van der Waals surface area contributed by atoms with Gasteiger partial charge in [-0.1, -0.05) is 35.5 Å². The van der Waals surface area contributed by atoms with Crippen LogP contribution in [0.3, 0.4) is 0 Å². The summed E-state index contributed by atoms with van der Waals surface area (Å²) in [6.45, 7) is 10.0. The molecule has 2 rings (SSSR count). The number of aromatic nitrogens is 4. The number of carbonyl (C=O) groups is 2. The van der Waals surface area contributed by atoms with E-state index in [1.807, 2.05) is 30.3 Å². The number of nitrogens with one attached hydrogen (secondary N) is 3. The van der Waals surface area contributed by atoms with Gasteiger partial charge in [0.2, 0.25) is 5.91 Å². The average molecular weight is 463 g/mol. The van der Waals surface area contributed by atoms with Gasteiger partial charge in [-0.15, -0.1) is 0 Å². The minimum atomic E-state index is -1.24. The molecule has 0 aliphatic heterocycles. The fourth-order valence-electron chi connectivity index (χ4n) is 2.91. The number of rotatable bonds is 11. The quantitative estimate of drug-likeness (QED) is 0.366. The lowest BCUT2D eigenvalue weighted by molar-refractivity contribution is -0.762. The number of carbonyl (C=O) groups excluding carboxylic acids is 2. The minimum absolute atomic E-state index is 0.151. The molecule has 33 heavy (non-hydrogen) atoms. The number of benzene rings is 1. The van der Waals surface area contributed by atoms with Gasteiger partial charge < -0.3 is 25.8 Å². The third-order valence-corrected chi connectivity index (χ3v) is 4.57.